The molecule has 0 fully saturated rings. The van der Waals surface area contributed by atoms with Gasteiger partial charge in [0.1, 0.15) is 0 Å². The summed E-state index contributed by atoms with van der Waals surface area (Å²) < 4.78 is 41.9. The first-order valence-electron chi connectivity index (χ1n) is 7.88. The molecule has 0 bridgehead atoms. The molecule has 0 atom stereocenters. The molecule has 0 saturated heterocycles. The van der Waals surface area contributed by atoms with Gasteiger partial charge in [0, 0.05) is 22.8 Å². The van der Waals surface area contributed by atoms with Crippen molar-refractivity contribution in [2.45, 2.75) is 13.1 Å². The monoisotopic (exact) mass is 438 g/mol. The zero-order chi connectivity index (χ0) is 19.9. The molecule has 3 aromatic rings. The molecule has 140 valence electrons. The van der Waals surface area contributed by atoms with Crippen molar-refractivity contribution < 1.29 is 13.2 Å². The summed E-state index contributed by atoms with van der Waals surface area (Å²) in [5.41, 5.74) is -1.02. The van der Waals surface area contributed by atoms with Crippen LogP contribution in [-0.2, 0) is 13.2 Å². The van der Waals surface area contributed by atoms with E-state index in [-0.39, 0.29) is 16.9 Å². The van der Waals surface area contributed by atoms with Crippen LogP contribution in [0.15, 0.2) is 62.6 Å². The summed E-state index contributed by atoms with van der Waals surface area (Å²) in [6.45, 7) is 1.54. The fourth-order valence-corrected chi connectivity index (χ4v) is 3.40. The van der Waals surface area contributed by atoms with E-state index in [4.69, 9.17) is 0 Å². The van der Waals surface area contributed by atoms with E-state index in [9.17, 15) is 22.8 Å². The summed E-state index contributed by atoms with van der Waals surface area (Å²) in [4.78, 5) is 25.4. The van der Waals surface area contributed by atoms with Gasteiger partial charge >= 0.3 is 11.9 Å². The maximum atomic E-state index is 13.1. The summed E-state index contributed by atoms with van der Waals surface area (Å²) in [6, 6.07) is 11.4. The minimum atomic E-state index is -4.54. The lowest BCUT2D eigenvalue weighted by molar-refractivity contribution is -0.137. The van der Waals surface area contributed by atoms with E-state index >= 15 is 0 Å². The molecule has 0 aliphatic rings. The molecule has 0 spiro atoms. The fraction of sp³-hybridized carbons (Fsp3) is 0.158. The molecule has 0 N–H and O–H groups in total. The van der Waals surface area contributed by atoms with Crippen LogP contribution in [0.2, 0.25) is 0 Å². The highest BCUT2D eigenvalue weighted by atomic mass is 79.9. The van der Waals surface area contributed by atoms with Gasteiger partial charge in [-0.05, 0) is 31.2 Å². The quantitative estimate of drug-likeness (QED) is 0.598. The Kier molecular flexibility index (Phi) is 4.86. The lowest BCUT2D eigenvalue weighted by Gasteiger charge is -2.17. The third kappa shape index (κ3) is 3.37. The first-order valence-corrected chi connectivity index (χ1v) is 8.67. The van der Waals surface area contributed by atoms with Gasteiger partial charge in [0.2, 0.25) is 0 Å². The standard InChI is InChI=1S/C19H14BrF3N2O2/c1-11-16(14-8-3-4-9-15(14)20)17(26)24(2)18(27)25(11)13-7-5-6-12(10-13)19(21,22)23/h3-10H,1-2H3. The lowest BCUT2D eigenvalue weighted by atomic mass is 10.1. The average molecular weight is 439 g/mol. The molecule has 0 aliphatic carbocycles. The zero-order valence-corrected chi connectivity index (χ0v) is 15.9. The van der Waals surface area contributed by atoms with Gasteiger partial charge in [-0.3, -0.25) is 13.9 Å². The minimum absolute atomic E-state index is 0.0382. The summed E-state index contributed by atoms with van der Waals surface area (Å²) >= 11 is 3.38. The van der Waals surface area contributed by atoms with Crippen molar-refractivity contribution in [3.05, 3.63) is 85.1 Å². The summed E-state index contributed by atoms with van der Waals surface area (Å²) in [6.07, 6.45) is -4.54. The second-order valence-corrected chi connectivity index (χ2v) is 6.82. The summed E-state index contributed by atoms with van der Waals surface area (Å²) in [7, 11) is 1.30. The van der Waals surface area contributed by atoms with Gasteiger partial charge < -0.3 is 0 Å². The van der Waals surface area contributed by atoms with Gasteiger partial charge in [-0.1, -0.05) is 40.2 Å². The van der Waals surface area contributed by atoms with Gasteiger partial charge in [-0.15, -0.1) is 0 Å². The van der Waals surface area contributed by atoms with Gasteiger partial charge in [0.15, 0.2) is 0 Å². The van der Waals surface area contributed by atoms with Crippen molar-refractivity contribution in [3.63, 3.8) is 0 Å². The van der Waals surface area contributed by atoms with Crippen LogP contribution < -0.4 is 11.2 Å². The molecule has 27 heavy (non-hydrogen) atoms. The third-order valence-electron chi connectivity index (χ3n) is 4.27. The molecule has 1 heterocycles. The smallest absolute Gasteiger partial charge is 0.268 e. The van der Waals surface area contributed by atoms with Crippen molar-refractivity contribution in [2.24, 2.45) is 7.05 Å². The second kappa shape index (κ2) is 6.84. The Morgan fingerprint density at radius 2 is 1.67 bits per heavy atom. The van der Waals surface area contributed by atoms with E-state index in [0.29, 0.717) is 10.0 Å². The van der Waals surface area contributed by atoms with Crippen LogP contribution in [0.4, 0.5) is 13.2 Å². The van der Waals surface area contributed by atoms with Gasteiger partial charge in [0.05, 0.1) is 16.8 Å². The van der Waals surface area contributed by atoms with Crippen LogP contribution in [-0.4, -0.2) is 9.13 Å². The second-order valence-electron chi connectivity index (χ2n) is 5.97. The van der Waals surface area contributed by atoms with Crippen LogP contribution in [0.1, 0.15) is 11.3 Å². The van der Waals surface area contributed by atoms with Crippen molar-refractivity contribution in [1.29, 1.82) is 0 Å². The number of nitrogens with zero attached hydrogens (tertiary/aromatic N) is 2. The van der Waals surface area contributed by atoms with E-state index in [1.54, 1.807) is 24.3 Å². The fourth-order valence-electron chi connectivity index (χ4n) is 2.91. The van der Waals surface area contributed by atoms with E-state index < -0.39 is 23.0 Å². The minimum Gasteiger partial charge on any atom is -0.268 e. The Balaban J connectivity index is 2.39. The molecule has 3 rings (SSSR count). The van der Waals surface area contributed by atoms with Crippen molar-refractivity contribution >= 4 is 15.9 Å². The van der Waals surface area contributed by atoms with Crippen molar-refractivity contribution in [2.75, 3.05) is 0 Å². The number of alkyl halides is 3. The van der Waals surface area contributed by atoms with Crippen LogP contribution in [0.3, 0.4) is 0 Å². The highest BCUT2D eigenvalue weighted by molar-refractivity contribution is 9.10. The first-order chi connectivity index (χ1) is 12.6. The molecule has 0 amide bonds. The molecular formula is C19H14BrF3N2O2. The van der Waals surface area contributed by atoms with E-state index in [2.05, 4.69) is 15.9 Å². The SMILES string of the molecule is Cc1c(-c2ccccc2Br)c(=O)n(C)c(=O)n1-c1cccc(C(F)(F)F)c1. The van der Waals surface area contributed by atoms with Crippen molar-refractivity contribution in [1.82, 2.24) is 9.13 Å². The van der Waals surface area contributed by atoms with Crippen molar-refractivity contribution in [3.8, 4) is 16.8 Å². The number of halogens is 4. The topological polar surface area (TPSA) is 44.0 Å². The molecule has 1 aromatic heterocycles. The summed E-state index contributed by atoms with van der Waals surface area (Å²) in [5.74, 6) is 0. The number of benzene rings is 2. The molecule has 0 unspecified atom stereocenters. The molecule has 0 aliphatic heterocycles. The van der Waals surface area contributed by atoms with Crippen LogP contribution in [0.5, 0.6) is 0 Å². The predicted molar refractivity (Wildman–Crippen MR) is 100 cm³/mol. The number of hydrogen-bond acceptors (Lipinski definition) is 2. The van der Waals surface area contributed by atoms with Crippen LogP contribution in [0.25, 0.3) is 16.8 Å². The molecular weight excluding hydrogens is 425 g/mol. The lowest BCUT2D eigenvalue weighted by Crippen LogP contribution is -2.39. The largest absolute Gasteiger partial charge is 0.416 e. The van der Waals surface area contributed by atoms with E-state index in [0.717, 1.165) is 21.3 Å². The number of hydrogen-bond donors (Lipinski definition) is 0. The average Bonchev–Trinajstić information content (AvgIpc) is 2.61. The van der Waals surface area contributed by atoms with Crippen LogP contribution >= 0.6 is 15.9 Å². The molecule has 0 radical (unpaired) electrons. The molecule has 0 saturated carbocycles. The highest BCUT2D eigenvalue weighted by Crippen LogP contribution is 2.31. The Morgan fingerprint density at radius 3 is 2.30 bits per heavy atom. The Labute approximate surface area is 160 Å². The number of rotatable bonds is 2. The summed E-state index contributed by atoms with van der Waals surface area (Å²) in [5, 5.41) is 0. The van der Waals surface area contributed by atoms with Crippen LogP contribution in [0, 0.1) is 6.92 Å². The Morgan fingerprint density at radius 1 is 1.00 bits per heavy atom. The van der Waals surface area contributed by atoms with E-state index in [1.807, 2.05) is 0 Å². The maximum absolute atomic E-state index is 13.1. The predicted octanol–water partition coefficient (Wildman–Crippen LogP) is 4.29. The molecule has 4 nitrogen and oxygen atoms in total. The zero-order valence-electron chi connectivity index (χ0n) is 14.3. The molecule has 8 heteroatoms. The molecule has 2 aromatic carbocycles. The Hall–Kier alpha value is -2.61. The van der Waals surface area contributed by atoms with Gasteiger partial charge in [0.25, 0.3) is 5.56 Å². The normalized spacial score (nSPS) is 11.6. The van der Waals surface area contributed by atoms with E-state index in [1.165, 1.54) is 26.1 Å². The third-order valence-corrected chi connectivity index (χ3v) is 4.96. The maximum Gasteiger partial charge on any atom is 0.416 e. The highest BCUT2D eigenvalue weighted by Gasteiger charge is 2.31. The first kappa shape index (κ1) is 19.2. The van der Waals surface area contributed by atoms with Gasteiger partial charge in [-0.25, -0.2) is 4.79 Å². The van der Waals surface area contributed by atoms with Gasteiger partial charge in [-0.2, -0.15) is 13.2 Å². The number of aromatic nitrogens is 2. The Bertz CT molecular complexity index is 1150.